The Morgan fingerprint density at radius 1 is 1.50 bits per heavy atom. The molecule has 0 fully saturated rings. The molecule has 0 aliphatic heterocycles. The van der Waals surface area contributed by atoms with E-state index in [9.17, 15) is 0 Å². The summed E-state index contributed by atoms with van der Waals surface area (Å²) in [6.45, 7) is 1.93. The molecular formula is C2H9NaO3. The molecule has 36 valence electrons. The minimum Gasteiger partial charge on any atom is -0.870 e. The van der Waals surface area contributed by atoms with Crippen LogP contribution in [0.5, 0.6) is 0 Å². The Hall–Kier alpha value is 0.880. The van der Waals surface area contributed by atoms with Crippen LogP contribution >= 0.6 is 0 Å². The molecule has 0 aromatic rings. The summed E-state index contributed by atoms with van der Waals surface area (Å²) in [7, 11) is 0. The Morgan fingerprint density at radius 2 is 1.50 bits per heavy atom. The van der Waals surface area contributed by atoms with Crippen LogP contribution in [0.1, 0.15) is 6.92 Å². The van der Waals surface area contributed by atoms with Crippen LogP contribution in [0, 0.1) is 0 Å². The molecule has 4 heteroatoms. The van der Waals surface area contributed by atoms with Gasteiger partial charge in [-0.1, -0.05) is 0 Å². The Balaban J connectivity index is -0.00000000667. The molecule has 0 aliphatic rings. The second-order valence-electron chi connectivity index (χ2n) is 0.316. The summed E-state index contributed by atoms with van der Waals surface area (Å²) in [5, 5.41) is 7.57. The zero-order valence-electron chi connectivity index (χ0n) is 4.10. The zero-order valence-corrected chi connectivity index (χ0v) is 6.10. The molecule has 0 spiro atoms. The summed E-state index contributed by atoms with van der Waals surface area (Å²) in [6.07, 6.45) is 0. The Bertz CT molecular complexity index is 8.75. The monoisotopic (exact) mass is 104 g/mol. The van der Waals surface area contributed by atoms with E-state index in [0.29, 0.717) is 0 Å². The molecule has 0 heterocycles. The van der Waals surface area contributed by atoms with Crippen molar-refractivity contribution in [2.45, 2.75) is 6.92 Å². The van der Waals surface area contributed by atoms with Gasteiger partial charge in [0.05, 0.1) is 0 Å². The van der Waals surface area contributed by atoms with E-state index in [1.807, 2.05) is 0 Å². The van der Waals surface area contributed by atoms with Gasteiger partial charge in [0.25, 0.3) is 0 Å². The maximum Gasteiger partial charge on any atom is 1.00 e. The molecule has 0 radical (unpaired) electrons. The molecule has 4 N–H and O–H groups in total. The van der Waals surface area contributed by atoms with E-state index < -0.39 is 0 Å². The van der Waals surface area contributed by atoms with Gasteiger partial charge in [0.2, 0.25) is 0 Å². The van der Waals surface area contributed by atoms with Gasteiger partial charge < -0.3 is 16.1 Å². The second-order valence-corrected chi connectivity index (χ2v) is 0.316. The largest absolute Gasteiger partial charge is 1.00 e. The van der Waals surface area contributed by atoms with Gasteiger partial charge in [0.1, 0.15) is 0 Å². The molecule has 6 heavy (non-hydrogen) atoms. The maximum absolute atomic E-state index is 7.57. The van der Waals surface area contributed by atoms with E-state index in [0.717, 1.165) is 0 Å². The van der Waals surface area contributed by atoms with E-state index in [1.165, 1.54) is 0 Å². The average Bonchev–Trinajstić information content (AvgIpc) is 0.918. The van der Waals surface area contributed by atoms with Gasteiger partial charge in [-0.15, -0.1) is 0 Å². The Morgan fingerprint density at radius 3 is 1.50 bits per heavy atom. The number of rotatable bonds is 0. The Kier molecular flexibility index (Phi) is 189. The van der Waals surface area contributed by atoms with Gasteiger partial charge in [-0.25, -0.2) is 0 Å². The molecule has 0 bridgehead atoms. The quantitative estimate of drug-likeness (QED) is 0.318. The van der Waals surface area contributed by atoms with E-state index in [1.54, 1.807) is 6.92 Å². The van der Waals surface area contributed by atoms with Crippen molar-refractivity contribution in [3.8, 4) is 0 Å². The van der Waals surface area contributed by atoms with Crippen LogP contribution in [-0.2, 0) is 0 Å². The molecular weight excluding hydrogens is 95.0 g/mol. The average molecular weight is 104 g/mol. The first kappa shape index (κ1) is 28.7. The van der Waals surface area contributed by atoms with Gasteiger partial charge in [0.15, 0.2) is 0 Å². The van der Waals surface area contributed by atoms with Crippen molar-refractivity contribution >= 4 is 0 Å². The third kappa shape index (κ3) is 94.9. The van der Waals surface area contributed by atoms with Gasteiger partial charge in [-0.05, 0) is 6.92 Å². The molecule has 0 saturated carbocycles. The first-order chi connectivity index (χ1) is 1.41. The van der Waals surface area contributed by atoms with E-state index in [2.05, 4.69) is 0 Å². The van der Waals surface area contributed by atoms with Crippen molar-refractivity contribution < 1.29 is 45.6 Å². The Labute approximate surface area is 59.3 Å². The topological polar surface area (TPSA) is 81.7 Å². The van der Waals surface area contributed by atoms with Gasteiger partial charge in [-0.3, -0.25) is 0 Å². The van der Waals surface area contributed by atoms with Crippen molar-refractivity contribution in [2.24, 2.45) is 0 Å². The maximum atomic E-state index is 7.57. The van der Waals surface area contributed by atoms with Crippen molar-refractivity contribution in [1.29, 1.82) is 0 Å². The molecule has 0 aromatic heterocycles. The summed E-state index contributed by atoms with van der Waals surface area (Å²) in [5.41, 5.74) is 0. The SMILES string of the molecule is CCO.O.[Na+].[OH-]. The van der Waals surface area contributed by atoms with Crippen molar-refractivity contribution in [3.63, 3.8) is 0 Å². The first-order valence-electron chi connectivity index (χ1n) is 1.02. The first-order valence-corrected chi connectivity index (χ1v) is 1.02. The van der Waals surface area contributed by atoms with E-state index >= 15 is 0 Å². The number of hydrogen-bond acceptors (Lipinski definition) is 2. The van der Waals surface area contributed by atoms with Crippen molar-refractivity contribution in [3.05, 3.63) is 0 Å². The minimum atomic E-state index is 0. The van der Waals surface area contributed by atoms with E-state index in [-0.39, 0.29) is 47.1 Å². The summed E-state index contributed by atoms with van der Waals surface area (Å²) >= 11 is 0. The van der Waals surface area contributed by atoms with Crippen LogP contribution in [-0.4, -0.2) is 22.7 Å². The summed E-state index contributed by atoms with van der Waals surface area (Å²) in [4.78, 5) is 0. The predicted octanol–water partition coefficient (Wildman–Crippen LogP) is -4.00. The van der Waals surface area contributed by atoms with Gasteiger partial charge in [-0.2, -0.15) is 0 Å². The molecule has 0 aromatic carbocycles. The molecule has 0 atom stereocenters. The molecule has 3 nitrogen and oxygen atoms in total. The fourth-order valence-electron chi connectivity index (χ4n) is 0. The number of aliphatic hydroxyl groups is 1. The normalized spacial score (nSPS) is 3.00. The molecule has 0 saturated heterocycles. The van der Waals surface area contributed by atoms with E-state index in [4.69, 9.17) is 5.11 Å². The summed E-state index contributed by atoms with van der Waals surface area (Å²) in [6, 6.07) is 0. The fourth-order valence-corrected chi connectivity index (χ4v) is 0. The number of hydrogen-bond donors (Lipinski definition) is 1. The predicted molar refractivity (Wildman–Crippen MR) is 18.3 cm³/mol. The van der Waals surface area contributed by atoms with Crippen LogP contribution in [0.15, 0.2) is 0 Å². The third-order valence-electron chi connectivity index (χ3n) is 0. The van der Waals surface area contributed by atoms with Crippen LogP contribution in [0.3, 0.4) is 0 Å². The summed E-state index contributed by atoms with van der Waals surface area (Å²) in [5.74, 6) is 0. The van der Waals surface area contributed by atoms with Gasteiger partial charge in [0, 0.05) is 6.61 Å². The van der Waals surface area contributed by atoms with Crippen LogP contribution in [0.25, 0.3) is 0 Å². The summed E-state index contributed by atoms with van der Waals surface area (Å²) < 4.78 is 0. The van der Waals surface area contributed by atoms with Crippen LogP contribution in [0.2, 0.25) is 0 Å². The molecule has 0 aliphatic carbocycles. The molecule has 0 unspecified atom stereocenters. The zero-order chi connectivity index (χ0) is 2.71. The van der Waals surface area contributed by atoms with Crippen LogP contribution < -0.4 is 29.6 Å². The molecule has 0 amide bonds. The fraction of sp³-hybridized carbons (Fsp3) is 1.00. The van der Waals surface area contributed by atoms with Crippen LogP contribution in [0.4, 0.5) is 0 Å². The standard InChI is InChI=1S/C2H6O.Na.2H2O/c1-2-3;;;/h3H,2H2,1H3;;2*1H2/q;+1;;/p-1. The van der Waals surface area contributed by atoms with Crippen molar-refractivity contribution in [2.75, 3.05) is 6.61 Å². The second kappa shape index (κ2) is 39.6. The van der Waals surface area contributed by atoms with Crippen molar-refractivity contribution in [1.82, 2.24) is 0 Å². The minimum absolute atomic E-state index is 0. The number of aliphatic hydroxyl groups excluding tert-OH is 1. The smallest absolute Gasteiger partial charge is 0.870 e. The third-order valence-corrected chi connectivity index (χ3v) is 0. The van der Waals surface area contributed by atoms with Gasteiger partial charge >= 0.3 is 29.6 Å². The molecule has 0 rings (SSSR count).